The van der Waals surface area contributed by atoms with Gasteiger partial charge >= 0.3 is 5.97 Å². The smallest absolute Gasteiger partial charge is 0.305 e. The molecule has 1 unspecified atom stereocenters. The van der Waals surface area contributed by atoms with Gasteiger partial charge in [0.1, 0.15) is 0 Å². The summed E-state index contributed by atoms with van der Waals surface area (Å²) in [6.45, 7) is 1.44. The monoisotopic (exact) mass is 254 g/mol. The lowest BCUT2D eigenvalue weighted by Crippen LogP contribution is -2.19. The van der Waals surface area contributed by atoms with Gasteiger partial charge < -0.3 is 16.2 Å². The van der Waals surface area contributed by atoms with E-state index >= 15 is 0 Å². The summed E-state index contributed by atoms with van der Waals surface area (Å²) in [6.07, 6.45) is -0.0852. The summed E-state index contributed by atoms with van der Waals surface area (Å²) < 4.78 is 0. The molecule has 0 aliphatic carbocycles. The lowest BCUT2D eigenvalue weighted by molar-refractivity contribution is -0.136. The number of nitrogens with two attached hydrogens (primary N) is 1. The van der Waals surface area contributed by atoms with Gasteiger partial charge in [-0.2, -0.15) is 0 Å². The van der Waals surface area contributed by atoms with Crippen LogP contribution in [0.25, 0.3) is 0 Å². The largest absolute Gasteiger partial charge is 0.481 e. The Morgan fingerprint density at radius 3 is 2.47 bits per heavy atom. The van der Waals surface area contributed by atoms with Crippen LogP contribution in [0.3, 0.4) is 0 Å². The van der Waals surface area contributed by atoms with Gasteiger partial charge in [0.25, 0.3) is 0 Å². The zero-order chi connectivity index (χ0) is 12.8. The second-order valence-corrected chi connectivity index (χ2v) is 4.77. The first-order valence-electron chi connectivity index (χ1n) is 4.99. The van der Waals surface area contributed by atoms with E-state index in [9.17, 15) is 9.59 Å². The van der Waals surface area contributed by atoms with Crippen molar-refractivity contribution in [3.05, 3.63) is 24.3 Å². The summed E-state index contributed by atoms with van der Waals surface area (Å²) in [5.41, 5.74) is 6.34. The minimum atomic E-state index is -0.917. The number of anilines is 1. The Bertz CT molecular complexity index is 406. The molecule has 0 aromatic heterocycles. The number of rotatable bonds is 5. The molecule has 0 fully saturated rings. The normalized spacial score (nSPS) is 11.9. The predicted molar refractivity (Wildman–Crippen MR) is 66.8 cm³/mol. The van der Waals surface area contributed by atoms with Crippen LogP contribution < -0.4 is 11.1 Å². The minimum Gasteiger partial charge on any atom is -0.481 e. The molecule has 0 heterocycles. The van der Waals surface area contributed by atoms with Gasteiger partial charge in [0.15, 0.2) is 0 Å². The van der Waals surface area contributed by atoms with Crippen molar-refractivity contribution in [3.63, 3.8) is 0 Å². The molecule has 6 heteroatoms. The third-order valence-corrected chi connectivity index (χ3v) is 2.85. The number of carbonyl (C=O) groups is 2. The number of benzene rings is 1. The number of amides is 1. The molecular weight excluding hydrogens is 240 g/mol. The van der Waals surface area contributed by atoms with Crippen molar-refractivity contribution in [2.24, 2.45) is 5.73 Å². The topological polar surface area (TPSA) is 92.4 Å². The van der Waals surface area contributed by atoms with E-state index < -0.39 is 11.3 Å². The van der Waals surface area contributed by atoms with Crippen molar-refractivity contribution in [1.82, 2.24) is 0 Å². The van der Waals surface area contributed by atoms with E-state index in [0.29, 0.717) is 5.69 Å². The fourth-order valence-corrected chi connectivity index (χ4v) is 2.08. The Hall–Kier alpha value is -1.53. The average Bonchev–Trinajstić information content (AvgIpc) is 2.18. The maximum atomic E-state index is 10.8. The van der Waals surface area contributed by atoms with Gasteiger partial charge in [-0.1, -0.05) is 0 Å². The van der Waals surface area contributed by atoms with Crippen molar-refractivity contribution in [2.45, 2.75) is 23.6 Å². The molecule has 1 amide bonds. The molecule has 0 radical (unpaired) electrons. The summed E-state index contributed by atoms with van der Waals surface area (Å²) in [5, 5.41) is 10.7. The molecule has 0 aliphatic heterocycles. The van der Waals surface area contributed by atoms with Crippen LogP contribution in [0.5, 0.6) is 0 Å². The number of nitrogens with one attached hydrogen (secondary N) is 1. The summed E-state index contributed by atoms with van der Waals surface area (Å²) in [4.78, 5) is 22.1. The fraction of sp³-hybridized carbons (Fsp3) is 0.273. The summed E-state index contributed by atoms with van der Waals surface area (Å²) >= 11 is 1.28. The zero-order valence-electron chi connectivity index (χ0n) is 9.34. The van der Waals surface area contributed by atoms with E-state index in [-0.39, 0.29) is 12.3 Å². The highest BCUT2D eigenvalue weighted by molar-refractivity contribution is 7.99. The fourth-order valence-electron chi connectivity index (χ4n) is 1.21. The van der Waals surface area contributed by atoms with Gasteiger partial charge in [0.05, 0.1) is 11.8 Å². The molecule has 1 atom stereocenters. The molecular formula is C11H14N2O3S. The average molecular weight is 254 g/mol. The summed E-state index contributed by atoms with van der Waals surface area (Å²) in [5.74, 6) is -1.05. The van der Waals surface area contributed by atoms with E-state index in [4.69, 9.17) is 10.8 Å². The molecule has 92 valence electrons. The number of carbonyl (C=O) groups excluding carboxylic acids is 1. The molecule has 0 spiro atoms. The van der Waals surface area contributed by atoms with Crippen LogP contribution >= 0.6 is 11.8 Å². The van der Waals surface area contributed by atoms with Crippen LogP contribution in [0.1, 0.15) is 13.3 Å². The standard InChI is InChI=1S/C11H14N2O3S/c1-7(14)13-8-2-4-9(5-3-8)17-10(12)6-11(15)16/h2-5,10H,6,12H2,1H3,(H,13,14)(H,15,16). The Morgan fingerprint density at radius 2 is 2.00 bits per heavy atom. The molecule has 0 saturated heterocycles. The Morgan fingerprint density at radius 1 is 1.41 bits per heavy atom. The quantitative estimate of drug-likeness (QED) is 0.547. The van der Waals surface area contributed by atoms with E-state index in [1.165, 1.54) is 18.7 Å². The lowest BCUT2D eigenvalue weighted by Gasteiger charge is -2.09. The zero-order valence-corrected chi connectivity index (χ0v) is 10.2. The van der Waals surface area contributed by atoms with Gasteiger partial charge in [0.2, 0.25) is 5.91 Å². The number of thioether (sulfide) groups is 1. The van der Waals surface area contributed by atoms with Gasteiger partial charge in [-0.3, -0.25) is 9.59 Å². The van der Waals surface area contributed by atoms with Crippen LogP contribution in [0.2, 0.25) is 0 Å². The van der Waals surface area contributed by atoms with E-state index in [1.807, 2.05) is 0 Å². The van der Waals surface area contributed by atoms with E-state index in [2.05, 4.69) is 5.32 Å². The predicted octanol–water partition coefficient (Wildman–Crippen LogP) is 1.50. The Balaban J connectivity index is 2.56. The number of carboxylic acid groups (broad SMARTS) is 1. The van der Waals surface area contributed by atoms with Crippen LogP contribution in [0.4, 0.5) is 5.69 Å². The van der Waals surface area contributed by atoms with Gasteiger partial charge in [0, 0.05) is 17.5 Å². The van der Waals surface area contributed by atoms with Gasteiger partial charge in [-0.25, -0.2) is 0 Å². The molecule has 0 bridgehead atoms. The first-order chi connectivity index (χ1) is 7.97. The van der Waals surface area contributed by atoms with Crippen LogP contribution in [0, 0.1) is 0 Å². The summed E-state index contributed by atoms with van der Waals surface area (Å²) in [7, 11) is 0. The highest BCUT2D eigenvalue weighted by atomic mass is 32.2. The Kier molecular flexibility index (Phi) is 4.99. The van der Waals surface area contributed by atoms with E-state index in [0.717, 1.165) is 4.90 Å². The van der Waals surface area contributed by atoms with Crippen molar-refractivity contribution < 1.29 is 14.7 Å². The lowest BCUT2D eigenvalue weighted by atomic mass is 10.3. The highest BCUT2D eigenvalue weighted by Gasteiger charge is 2.09. The van der Waals surface area contributed by atoms with Crippen molar-refractivity contribution in [1.29, 1.82) is 0 Å². The molecule has 0 saturated carbocycles. The number of hydrogen-bond acceptors (Lipinski definition) is 4. The highest BCUT2D eigenvalue weighted by Crippen LogP contribution is 2.23. The maximum Gasteiger partial charge on any atom is 0.305 e. The maximum absolute atomic E-state index is 10.8. The second kappa shape index (κ2) is 6.27. The number of carboxylic acids is 1. The molecule has 4 N–H and O–H groups in total. The molecule has 1 aromatic carbocycles. The van der Waals surface area contributed by atoms with E-state index in [1.54, 1.807) is 24.3 Å². The van der Waals surface area contributed by atoms with Crippen LogP contribution in [0.15, 0.2) is 29.2 Å². The van der Waals surface area contributed by atoms with Crippen LogP contribution in [-0.4, -0.2) is 22.4 Å². The van der Waals surface area contributed by atoms with Crippen molar-refractivity contribution in [3.8, 4) is 0 Å². The third kappa shape index (κ3) is 5.37. The SMILES string of the molecule is CC(=O)Nc1ccc(SC(N)CC(=O)O)cc1. The molecule has 1 rings (SSSR count). The van der Waals surface area contributed by atoms with Gasteiger partial charge in [-0.15, -0.1) is 11.8 Å². The van der Waals surface area contributed by atoms with Gasteiger partial charge in [-0.05, 0) is 24.3 Å². The minimum absolute atomic E-state index is 0.0852. The third-order valence-electron chi connectivity index (χ3n) is 1.84. The Labute approximate surface area is 103 Å². The molecule has 0 aliphatic rings. The molecule has 17 heavy (non-hydrogen) atoms. The second-order valence-electron chi connectivity index (χ2n) is 3.46. The van der Waals surface area contributed by atoms with Crippen molar-refractivity contribution in [2.75, 3.05) is 5.32 Å². The summed E-state index contributed by atoms with van der Waals surface area (Å²) in [6, 6.07) is 7.07. The van der Waals surface area contributed by atoms with Crippen LogP contribution in [-0.2, 0) is 9.59 Å². The molecule has 1 aromatic rings. The first kappa shape index (κ1) is 13.5. The number of hydrogen-bond donors (Lipinski definition) is 3. The number of aliphatic carboxylic acids is 1. The van der Waals surface area contributed by atoms with Crippen molar-refractivity contribution >= 4 is 29.3 Å². The molecule has 5 nitrogen and oxygen atoms in total. The first-order valence-corrected chi connectivity index (χ1v) is 5.87.